The molecule has 20 heavy (non-hydrogen) atoms. The maximum Gasteiger partial charge on any atom is 0.126 e. The van der Waals surface area contributed by atoms with Crippen LogP contribution in [0.1, 0.15) is 25.0 Å². The number of benzene rings is 2. The minimum absolute atomic E-state index is 0.395. The van der Waals surface area contributed by atoms with Crippen LogP contribution in [0.25, 0.3) is 11.1 Å². The zero-order valence-corrected chi connectivity index (χ0v) is 12.0. The zero-order valence-electron chi connectivity index (χ0n) is 12.0. The van der Waals surface area contributed by atoms with Gasteiger partial charge in [0.2, 0.25) is 0 Å². The number of aryl methyl sites for hydroxylation is 1. The van der Waals surface area contributed by atoms with Gasteiger partial charge < -0.3 is 5.32 Å². The van der Waals surface area contributed by atoms with Crippen LogP contribution in [0.2, 0.25) is 0 Å². The van der Waals surface area contributed by atoms with Crippen molar-refractivity contribution >= 4 is 0 Å². The fourth-order valence-electron chi connectivity index (χ4n) is 2.12. The van der Waals surface area contributed by atoms with Gasteiger partial charge in [-0.05, 0) is 47.4 Å². The summed E-state index contributed by atoms with van der Waals surface area (Å²) in [6.07, 6.45) is 0. The lowest BCUT2D eigenvalue weighted by molar-refractivity contribution is 0.584. The first-order chi connectivity index (χ1) is 9.45. The number of halogens is 2. The second kappa shape index (κ2) is 6.14. The van der Waals surface area contributed by atoms with Crippen LogP contribution >= 0.6 is 0 Å². The Morgan fingerprint density at radius 2 is 1.65 bits per heavy atom. The summed E-state index contributed by atoms with van der Waals surface area (Å²) in [5, 5.41) is 3.33. The molecule has 0 aliphatic heterocycles. The lowest BCUT2D eigenvalue weighted by Gasteiger charge is -2.12. The van der Waals surface area contributed by atoms with E-state index in [1.165, 1.54) is 12.1 Å². The van der Waals surface area contributed by atoms with Crippen molar-refractivity contribution in [2.24, 2.45) is 0 Å². The molecule has 0 unspecified atom stereocenters. The second-order valence-electron chi connectivity index (χ2n) is 5.34. The fourth-order valence-corrected chi connectivity index (χ4v) is 2.12. The maximum atomic E-state index is 13.3. The van der Waals surface area contributed by atoms with E-state index in [0.717, 1.165) is 29.3 Å². The van der Waals surface area contributed by atoms with Gasteiger partial charge >= 0.3 is 0 Å². The minimum atomic E-state index is -0.551. The van der Waals surface area contributed by atoms with Gasteiger partial charge in [-0.25, -0.2) is 8.78 Å². The van der Waals surface area contributed by atoms with Crippen LogP contribution in [0.15, 0.2) is 36.4 Å². The van der Waals surface area contributed by atoms with Gasteiger partial charge in [0.05, 0.1) is 0 Å². The van der Waals surface area contributed by atoms with Crippen LogP contribution in [-0.4, -0.2) is 6.04 Å². The monoisotopic (exact) mass is 275 g/mol. The van der Waals surface area contributed by atoms with Gasteiger partial charge in [0, 0.05) is 18.7 Å². The third kappa shape index (κ3) is 3.64. The van der Waals surface area contributed by atoms with Gasteiger partial charge in [-0.15, -0.1) is 0 Å². The number of nitrogens with one attached hydrogen (secondary N) is 1. The van der Waals surface area contributed by atoms with E-state index in [1.807, 2.05) is 25.1 Å². The largest absolute Gasteiger partial charge is 0.310 e. The molecular weight excluding hydrogens is 256 g/mol. The Kier molecular flexibility index (Phi) is 4.50. The molecule has 0 bridgehead atoms. The Labute approximate surface area is 118 Å². The summed E-state index contributed by atoms with van der Waals surface area (Å²) in [6.45, 7) is 6.84. The Morgan fingerprint density at radius 1 is 1.00 bits per heavy atom. The molecule has 2 aromatic rings. The molecule has 2 rings (SSSR count). The predicted molar refractivity (Wildman–Crippen MR) is 78.5 cm³/mol. The summed E-state index contributed by atoms with van der Waals surface area (Å²) in [5.41, 5.74) is 3.55. The van der Waals surface area contributed by atoms with E-state index < -0.39 is 11.6 Å². The summed E-state index contributed by atoms with van der Waals surface area (Å²) in [5.74, 6) is -1.10. The number of hydrogen-bond acceptors (Lipinski definition) is 1. The van der Waals surface area contributed by atoms with Gasteiger partial charge in [0.15, 0.2) is 0 Å². The highest BCUT2D eigenvalue weighted by Gasteiger charge is 2.07. The van der Waals surface area contributed by atoms with Crippen LogP contribution < -0.4 is 5.32 Å². The van der Waals surface area contributed by atoms with Crippen molar-refractivity contribution in [1.82, 2.24) is 5.32 Å². The quantitative estimate of drug-likeness (QED) is 0.870. The molecule has 0 aliphatic carbocycles. The molecule has 106 valence electrons. The Bertz CT molecular complexity index is 586. The summed E-state index contributed by atoms with van der Waals surface area (Å²) < 4.78 is 26.7. The summed E-state index contributed by atoms with van der Waals surface area (Å²) >= 11 is 0. The van der Waals surface area contributed by atoms with Crippen molar-refractivity contribution in [3.05, 3.63) is 59.2 Å². The van der Waals surface area contributed by atoms with E-state index in [0.29, 0.717) is 11.6 Å². The van der Waals surface area contributed by atoms with E-state index in [9.17, 15) is 8.78 Å². The molecule has 2 aromatic carbocycles. The van der Waals surface area contributed by atoms with Gasteiger partial charge in [-0.2, -0.15) is 0 Å². The first-order valence-corrected chi connectivity index (χ1v) is 6.75. The number of hydrogen-bond donors (Lipinski definition) is 1. The standard InChI is InChI=1S/C17H19F2N/c1-11(2)20-10-13-5-4-12(3)17(6-13)14-7-15(18)9-16(19)8-14/h4-9,11,20H,10H2,1-3H3. The van der Waals surface area contributed by atoms with Crippen LogP contribution in [-0.2, 0) is 6.54 Å². The molecule has 0 amide bonds. The molecule has 0 heterocycles. The molecule has 0 aromatic heterocycles. The van der Waals surface area contributed by atoms with Crippen LogP contribution in [0.4, 0.5) is 8.78 Å². The SMILES string of the molecule is Cc1ccc(CNC(C)C)cc1-c1cc(F)cc(F)c1. The molecule has 0 aliphatic rings. The van der Waals surface area contributed by atoms with E-state index in [-0.39, 0.29) is 0 Å². The van der Waals surface area contributed by atoms with Crippen molar-refractivity contribution in [2.75, 3.05) is 0 Å². The van der Waals surface area contributed by atoms with Gasteiger partial charge in [-0.1, -0.05) is 26.0 Å². The van der Waals surface area contributed by atoms with Crippen molar-refractivity contribution in [3.8, 4) is 11.1 Å². The smallest absolute Gasteiger partial charge is 0.126 e. The highest BCUT2D eigenvalue weighted by atomic mass is 19.1. The molecular formula is C17H19F2N. The summed E-state index contributed by atoms with van der Waals surface area (Å²) in [6, 6.07) is 10.0. The normalized spacial score (nSPS) is 11.1. The maximum absolute atomic E-state index is 13.3. The topological polar surface area (TPSA) is 12.0 Å². The molecule has 1 nitrogen and oxygen atoms in total. The van der Waals surface area contributed by atoms with Crippen LogP contribution in [0, 0.1) is 18.6 Å². The molecule has 3 heteroatoms. The number of rotatable bonds is 4. The molecule has 0 spiro atoms. The predicted octanol–water partition coefficient (Wildman–Crippen LogP) is 4.44. The Hall–Kier alpha value is -1.74. The van der Waals surface area contributed by atoms with Crippen LogP contribution in [0.3, 0.4) is 0 Å². The average Bonchev–Trinajstić information content (AvgIpc) is 2.36. The first-order valence-electron chi connectivity index (χ1n) is 6.75. The molecule has 1 N–H and O–H groups in total. The molecule has 0 saturated heterocycles. The van der Waals surface area contributed by atoms with Crippen molar-refractivity contribution in [1.29, 1.82) is 0 Å². The van der Waals surface area contributed by atoms with Crippen LogP contribution in [0.5, 0.6) is 0 Å². The average molecular weight is 275 g/mol. The van der Waals surface area contributed by atoms with E-state index >= 15 is 0 Å². The third-order valence-corrected chi connectivity index (χ3v) is 3.19. The van der Waals surface area contributed by atoms with E-state index in [1.54, 1.807) is 0 Å². The Morgan fingerprint density at radius 3 is 2.25 bits per heavy atom. The van der Waals surface area contributed by atoms with E-state index in [2.05, 4.69) is 19.2 Å². The first kappa shape index (κ1) is 14.7. The van der Waals surface area contributed by atoms with Crippen molar-refractivity contribution < 1.29 is 8.78 Å². The minimum Gasteiger partial charge on any atom is -0.310 e. The zero-order chi connectivity index (χ0) is 14.7. The highest BCUT2D eigenvalue weighted by molar-refractivity contribution is 5.68. The Balaban J connectivity index is 2.37. The summed E-state index contributed by atoms with van der Waals surface area (Å²) in [4.78, 5) is 0. The molecule has 0 radical (unpaired) electrons. The molecule has 0 atom stereocenters. The van der Waals surface area contributed by atoms with E-state index in [4.69, 9.17) is 0 Å². The van der Waals surface area contributed by atoms with Crippen molar-refractivity contribution in [2.45, 2.75) is 33.4 Å². The van der Waals surface area contributed by atoms with Gasteiger partial charge in [0.1, 0.15) is 11.6 Å². The summed E-state index contributed by atoms with van der Waals surface area (Å²) in [7, 11) is 0. The molecule has 0 saturated carbocycles. The second-order valence-corrected chi connectivity index (χ2v) is 5.34. The highest BCUT2D eigenvalue weighted by Crippen LogP contribution is 2.26. The van der Waals surface area contributed by atoms with Crippen molar-refractivity contribution in [3.63, 3.8) is 0 Å². The lowest BCUT2D eigenvalue weighted by atomic mass is 9.98. The molecule has 0 fully saturated rings. The van der Waals surface area contributed by atoms with Gasteiger partial charge in [0.25, 0.3) is 0 Å². The fraction of sp³-hybridized carbons (Fsp3) is 0.294. The van der Waals surface area contributed by atoms with Gasteiger partial charge in [-0.3, -0.25) is 0 Å². The third-order valence-electron chi connectivity index (χ3n) is 3.19. The lowest BCUT2D eigenvalue weighted by Crippen LogP contribution is -2.21.